The normalized spacial score (nSPS) is 22.9. The fraction of sp³-hybridized carbons (Fsp3) is 0.562. The summed E-state index contributed by atoms with van der Waals surface area (Å²) in [4.78, 5) is 14.3. The standard InChI is InChI=1S/C16H24N2O4S/c1-11-9-14(13-5-7-15(22-3)8-6-13)10-18(11)16(19)12(2)17-23(4,20)21/h5-8,11-12,14,17H,9-10H2,1-4H3. The Labute approximate surface area is 137 Å². The van der Waals surface area contributed by atoms with Crippen molar-refractivity contribution in [2.45, 2.75) is 38.3 Å². The number of amides is 1. The number of sulfonamides is 1. The summed E-state index contributed by atoms with van der Waals surface area (Å²) in [5.74, 6) is 0.878. The van der Waals surface area contributed by atoms with Gasteiger partial charge in [-0.2, -0.15) is 0 Å². The topological polar surface area (TPSA) is 75.7 Å². The molecule has 1 fully saturated rings. The van der Waals surface area contributed by atoms with Crippen LogP contribution in [0, 0.1) is 0 Å². The van der Waals surface area contributed by atoms with Gasteiger partial charge in [-0.25, -0.2) is 13.1 Å². The molecule has 1 aliphatic rings. The van der Waals surface area contributed by atoms with Crippen molar-refractivity contribution in [2.75, 3.05) is 19.9 Å². The summed E-state index contributed by atoms with van der Waals surface area (Å²) < 4.78 is 30.1. The highest BCUT2D eigenvalue weighted by molar-refractivity contribution is 7.88. The number of carbonyl (C=O) groups excluding carboxylic acids is 1. The SMILES string of the molecule is COc1ccc(C2CC(C)N(C(=O)C(C)NS(C)(=O)=O)C2)cc1. The number of hydrogen-bond donors (Lipinski definition) is 1. The van der Waals surface area contributed by atoms with Gasteiger partial charge >= 0.3 is 0 Å². The summed E-state index contributed by atoms with van der Waals surface area (Å²) in [5, 5.41) is 0. The number of ether oxygens (including phenoxy) is 1. The molecule has 1 saturated heterocycles. The molecule has 0 saturated carbocycles. The number of nitrogens with one attached hydrogen (secondary N) is 1. The van der Waals surface area contributed by atoms with Crippen LogP contribution in [0.15, 0.2) is 24.3 Å². The van der Waals surface area contributed by atoms with Gasteiger partial charge in [0, 0.05) is 18.5 Å². The highest BCUT2D eigenvalue weighted by atomic mass is 32.2. The smallest absolute Gasteiger partial charge is 0.240 e. The number of benzene rings is 1. The van der Waals surface area contributed by atoms with Gasteiger partial charge in [-0.05, 0) is 38.0 Å². The van der Waals surface area contributed by atoms with Gasteiger partial charge in [0.2, 0.25) is 15.9 Å². The molecule has 128 valence electrons. The molecular formula is C16H24N2O4S. The van der Waals surface area contributed by atoms with E-state index < -0.39 is 16.1 Å². The second kappa shape index (κ2) is 6.88. The first-order chi connectivity index (χ1) is 10.7. The van der Waals surface area contributed by atoms with E-state index in [1.54, 1.807) is 18.9 Å². The van der Waals surface area contributed by atoms with Crippen LogP contribution in [0.2, 0.25) is 0 Å². The van der Waals surface area contributed by atoms with E-state index in [0.29, 0.717) is 6.54 Å². The molecule has 3 atom stereocenters. The summed E-state index contributed by atoms with van der Waals surface area (Å²) in [6.45, 7) is 4.17. The Morgan fingerprint density at radius 2 is 1.96 bits per heavy atom. The fourth-order valence-corrected chi connectivity index (χ4v) is 3.82. The third kappa shape index (κ3) is 4.45. The van der Waals surface area contributed by atoms with Gasteiger partial charge in [-0.15, -0.1) is 0 Å². The van der Waals surface area contributed by atoms with Crippen LogP contribution in [0.3, 0.4) is 0 Å². The number of rotatable bonds is 5. The molecule has 0 aromatic heterocycles. The van der Waals surface area contributed by atoms with E-state index in [4.69, 9.17) is 4.74 Å². The zero-order valence-corrected chi connectivity index (χ0v) is 14.8. The average molecular weight is 340 g/mol. The molecule has 0 aliphatic carbocycles. The van der Waals surface area contributed by atoms with E-state index >= 15 is 0 Å². The van der Waals surface area contributed by atoms with Crippen LogP contribution >= 0.6 is 0 Å². The molecule has 6 nitrogen and oxygen atoms in total. The van der Waals surface area contributed by atoms with E-state index in [0.717, 1.165) is 24.0 Å². The second-order valence-corrected chi connectivity index (χ2v) is 7.94. The summed E-state index contributed by atoms with van der Waals surface area (Å²) >= 11 is 0. The minimum atomic E-state index is -3.40. The molecule has 1 aromatic rings. The summed E-state index contributed by atoms with van der Waals surface area (Å²) in [6.07, 6.45) is 1.92. The first-order valence-electron chi connectivity index (χ1n) is 7.63. The predicted molar refractivity (Wildman–Crippen MR) is 89.0 cm³/mol. The maximum Gasteiger partial charge on any atom is 0.240 e. The van der Waals surface area contributed by atoms with E-state index in [1.807, 2.05) is 31.2 Å². The van der Waals surface area contributed by atoms with Crippen molar-refractivity contribution in [1.29, 1.82) is 0 Å². The van der Waals surface area contributed by atoms with Gasteiger partial charge in [0.25, 0.3) is 0 Å². The molecule has 1 heterocycles. The van der Waals surface area contributed by atoms with E-state index in [2.05, 4.69) is 4.72 Å². The maximum atomic E-state index is 12.5. The van der Waals surface area contributed by atoms with Crippen molar-refractivity contribution in [1.82, 2.24) is 9.62 Å². The molecule has 0 spiro atoms. The Morgan fingerprint density at radius 1 is 1.35 bits per heavy atom. The van der Waals surface area contributed by atoms with Crippen LogP contribution in [0.25, 0.3) is 0 Å². The average Bonchev–Trinajstić information content (AvgIpc) is 2.86. The molecule has 1 N–H and O–H groups in total. The van der Waals surface area contributed by atoms with Crippen LogP contribution in [0.1, 0.15) is 31.7 Å². The quantitative estimate of drug-likeness (QED) is 0.877. The molecule has 1 aliphatic heterocycles. The highest BCUT2D eigenvalue weighted by Gasteiger charge is 2.35. The van der Waals surface area contributed by atoms with Crippen molar-refractivity contribution < 1.29 is 17.9 Å². The first-order valence-corrected chi connectivity index (χ1v) is 9.52. The zero-order chi connectivity index (χ0) is 17.2. The first kappa shape index (κ1) is 17.7. The van der Waals surface area contributed by atoms with Crippen molar-refractivity contribution >= 4 is 15.9 Å². The van der Waals surface area contributed by atoms with Crippen LogP contribution in [0.4, 0.5) is 0 Å². The van der Waals surface area contributed by atoms with Gasteiger partial charge in [-0.3, -0.25) is 4.79 Å². The second-order valence-electron chi connectivity index (χ2n) is 6.16. The van der Waals surface area contributed by atoms with Crippen molar-refractivity contribution in [3.05, 3.63) is 29.8 Å². The Balaban J connectivity index is 2.06. The molecular weight excluding hydrogens is 316 g/mol. The molecule has 2 rings (SSSR count). The number of methoxy groups -OCH3 is 1. The minimum absolute atomic E-state index is 0.0819. The van der Waals surface area contributed by atoms with Crippen molar-refractivity contribution in [3.8, 4) is 5.75 Å². The number of carbonyl (C=O) groups is 1. The highest BCUT2D eigenvalue weighted by Crippen LogP contribution is 2.32. The van der Waals surface area contributed by atoms with Gasteiger partial charge in [0.15, 0.2) is 0 Å². The van der Waals surface area contributed by atoms with Crippen LogP contribution in [-0.4, -0.2) is 51.2 Å². The minimum Gasteiger partial charge on any atom is -0.497 e. The molecule has 3 unspecified atom stereocenters. The van der Waals surface area contributed by atoms with Crippen LogP contribution in [0.5, 0.6) is 5.75 Å². The van der Waals surface area contributed by atoms with E-state index in [1.165, 1.54) is 0 Å². The lowest BCUT2D eigenvalue weighted by molar-refractivity contribution is -0.133. The van der Waals surface area contributed by atoms with Gasteiger partial charge in [-0.1, -0.05) is 12.1 Å². The molecule has 0 radical (unpaired) electrons. The Kier molecular flexibility index (Phi) is 5.31. The summed E-state index contributed by atoms with van der Waals surface area (Å²) in [6, 6.07) is 7.20. The molecule has 7 heteroatoms. The van der Waals surface area contributed by atoms with Crippen LogP contribution < -0.4 is 9.46 Å². The lowest BCUT2D eigenvalue weighted by Crippen LogP contribution is -2.47. The number of nitrogens with zero attached hydrogens (tertiary/aromatic N) is 1. The molecule has 1 aromatic carbocycles. The third-order valence-corrected chi connectivity index (χ3v) is 4.99. The van der Waals surface area contributed by atoms with Gasteiger partial charge < -0.3 is 9.64 Å². The van der Waals surface area contributed by atoms with Gasteiger partial charge in [0.05, 0.1) is 19.4 Å². The monoisotopic (exact) mass is 340 g/mol. The van der Waals surface area contributed by atoms with Crippen LogP contribution in [-0.2, 0) is 14.8 Å². The summed E-state index contributed by atoms with van der Waals surface area (Å²) in [5.41, 5.74) is 1.16. The van der Waals surface area contributed by atoms with Gasteiger partial charge in [0.1, 0.15) is 5.75 Å². The molecule has 1 amide bonds. The largest absolute Gasteiger partial charge is 0.497 e. The summed E-state index contributed by atoms with van der Waals surface area (Å²) in [7, 11) is -1.77. The molecule has 0 bridgehead atoms. The Hall–Kier alpha value is -1.60. The zero-order valence-electron chi connectivity index (χ0n) is 13.9. The lowest BCUT2D eigenvalue weighted by Gasteiger charge is -2.25. The van der Waals surface area contributed by atoms with E-state index in [-0.39, 0.29) is 17.9 Å². The fourth-order valence-electron chi connectivity index (χ4n) is 3.08. The van der Waals surface area contributed by atoms with Crippen molar-refractivity contribution in [2.24, 2.45) is 0 Å². The third-order valence-electron chi connectivity index (χ3n) is 4.21. The maximum absolute atomic E-state index is 12.5. The van der Waals surface area contributed by atoms with E-state index in [9.17, 15) is 13.2 Å². The number of hydrogen-bond acceptors (Lipinski definition) is 4. The Bertz CT molecular complexity index is 657. The Morgan fingerprint density at radius 3 is 2.48 bits per heavy atom. The lowest BCUT2D eigenvalue weighted by atomic mass is 9.97. The predicted octanol–water partition coefficient (Wildman–Crippen LogP) is 1.34. The number of likely N-dealkylation sites (tertiary alicyclic amines) is 1. The van der Waals surface area contributed by atoms with Crippen molar-refractivity contribution in [3.63, 3.8) is 0 Å². The molecule has 23 heavy (non-hydrogen) atoms.